The Morgan fingerprint density at radius 2 is 2.00 bits per heavy atom. The van der Waals surface area contributed by atoms with Crippen molar-refractivity contribution in [2.45, 2.75) is 0 Å². The van der Waals surface area contributed by atoms with Crippen molar-refractivity contribution in [1.82, 2.24) is 5.32 Å². The smallest absolute Gasteiger partial charge is 0.261 e. The average molecular weight is 214 g/mol. The first kappa shape index (κ1) is 10.5. The molecule has 5 heteroatoms. The minimum Gasteiger partial charge on any atom is -0.507 e. The van der Waals surface area contributed by atoms with Crippen molar-refractivity contribution in [3.8, 4) is 5.75 Å². The topological polar surface area (TPSA) is 66.4 Å². The molecule has 4 nitrogen and oxygen atoms in total. The summed E-state index contributed by atoms with van der Waals surface area (Å²) in [5, 5.41) is 11.3. The lowest BCUT2D eigenvalue weighted by Gasteiger charge is -2.03. The van der Waals surface area contributed by atoms with E-state index in [1.54, 1.807) is 12.1 Å². The van der Waals surface area contributed by atoms with Gasteiger partial charge in [0.25, 0.3) is 5.91 Å². The number of phenolic OH excluding ortho intramolecular Hbond substituents is 1. The Kier molecular flexibility index (Phi) is 3.48. The van der Waals surface area contributed by atoms with E-state index in [-0.39, 0.29) is 17.2 Å². The van der Waals surface area contributed by atoms with Crippen LogP contribution in [0.3, 0.4) is 0 Å². The van der Waals surface area contributed by atoms with Crippen LogP contribution in [0.2, 0.25) is 0 Å². The number of carbonyl (C=O) groups excluding carboxylic acids is 2. The van der Waals surface area contributed by atoms with Crippen LogP contribution in [-0.4, -0.2) is 22.8 Å². The number of hydrogen-bond acceptors (Lipinski definition) is 3. The third-order valence-electron chi connectivity index (χ3n) is 1.52. The van der Waals surface area contributed by atoms with Crippen molar-refractivity contribution in [3.63, 3.8) is 0 Å². The highest BCUT2D eigenvalue weighted by Crippen LogP contribution is 2.14. The van der Waals surface area contributed by atoms with Gasteiger partial charge in [-0.1, -0.05) is 12.1 Å². The summed E-state index contributed by atoms with van der Waals surface area (Å²) in [5.74, 6) is -1.72. The highest BCUT2D eigenvalue weighted by Gasteiger charge is 2.12. The van der Waals surface area contributed by atoms with Crippen molar-refractivity contribution in [2.24, 2.45) is 0 Å². The van der Waals surface area contributed by atoms with E-state index in [4.69, 9.17) is 11.6 Å². The maximum Gasteiger partial charge on any atom is 0.261 e. The number of halogens is 1. The van der Waals surface area contributed by atoms with Crippen molar-refractivity contribution >= 4 is 23.4 Å². The van der Waals surface area contributed by atoms with Gasteiger partial charge in [0.1, 0.15) is 11.6 Å². The van der Waals surface area contributed by atoms with E-state index < -0.39 is 11.8 Å². The fourth-order valence-corrected chi connectivity index (χ4v) is 0.960. The molecule has 0 spiro atoms. The maximum atomic E-state index is 11.3. The molecule has 0 aromatic heterocycles. The summed E-state index contributed by atoms with van der Waals surface area (Å²) in [5.41, 5.74) is 0.0472. The van der Waals surface area contributed by atoms with Crippen LogP contribution in [-0.2, 0) is 4.79 Å². The molecule has 0 aliphatic rings. The zero-order chi connectivity index (χ0) is 10.6. The number of amides is 2. The average Bonchev–Trinajstić information content (AvgIpc) is 2.18. The van der Waals surface area contributed by atoms with Gasteiger partial charge in [-0.25, -0.2) is 0 Å². The number of benzene rings is 1. The molecule has 0 aliphatic carbocycles. The molecule has 2 N–H and O–H groups in total. The van der Waals surface area contributed by atoms with Crippen LogP contribution in [0.4, 0.5) is 0 Å². The molecule has 2 amide bonds. The van der Waals surface area contributed by atoms with Gasteiger partial charge in [0.15, 0.2) is 0 Å². The van der Waals surface area contributed by atoms with Gasteiger partial charge >= 0.3 is 0 Å². The number of imide groups is 1. The van der Waals surface area contributed by atoms with E-state index in [1.165, 1.54) is 12.1 Å². The Morgan fingerprint density at radius 1 is 1.36 bits per heavy atom. The van der Waals surface area contributed by atoms with E-state index >= 15 is 0 Å². The van der Waals surface area contributed by atoms with Crippen molar-refractivity contribution in [1.29, 1.82) is 0 Å². The van der Waals surface area contributed by atoms with E-state index in [9.17, 15) is 14.7 Å². The van der Waals surface area contributed by atoms with E-state index in [0.717, 1.165) is 0 Å². The molecule has 1 aromatic carbocycles. The van der Waals surface area contributed by atoms with Crippen LogP contribution in [0.25, 0.3) is 0 Å². The number of alkyl halides is 1. The minimum absolute atomic E-state index is 0.0472. The Balaban J connectivity index is 2.80. The largest absolute Gasteiger partial charge is 0.507 e. The van der Waals surface area contributed by atoms with Crippen LogP contribution in [0, 0.1) is 0 Å². The molecule has 0 saturated heterocycles. The third kappa shape index (κ3) is 2.47. The predicted molar refractivity (Wildman–Crippen MR) is 51.3 cm³/mol. The van der Waals surface area contributed by atoms with Gasteiger partial charge in [0.2, 0.25) is 5.91 Å². The Bertz CT molecular complexity index is 365. The summed E-state index contributed by atoms with van der Waals surface area (Å²) in [7, 11) is 0. The first-order valence-electron chi connectivity index (χ1n) is 3.83. The van der Waals surface area contributed by atoms with Crippen molar-refractivity contribution in [3.05, 3.63) is 29.8 Å². The second-order valence-corrected chi connectivity index (χ2v) is 2.80. The highest BCUT2D eigenvalue weighted by atomic mass is 35.5. The van der Waals surface area contributed by atoms with Gasteiger partial charge in [0.05, 0.1) is 5.56 Å². The molecule has 0 bridgehead atoms. The normalized spacial score (nSPS) is 9.50. The molecule has 74 valence electrons. The molecule has 0 aliphatic heterocycles. The monoisotopic (exact) mass is 213 g/mol. The lowest BCUT2D eigenvalue weighted by Crippen LogP contribution is -2.31. The first-order chi connectivity index (χ1) is 6.65. The lowest BCUT2D eigenvalue weighted by atomic mass is 10.2. The number of hydrogen-bond donors (Lipinski definition) is 2. The molecular weight excluding hydrogens is 206 g/mol. The zero-order valence-corrected chi connectivity index (χ0v) is 7.91. The Morgan fingerprint density at radius 3 is 2.57 bits per heavy atom. The minimum atomic E-state index is -0.659. The van der Waals surface area contributed by atoms with Gasteiger partial charge < -0.3 is 5.11 Å². The van der Waals surface area contributed by atoms with Crippen molar-refractivity contribution < 1.29 is 14.7 Å². The van der Waals surface area contributed by atoms with E-state index in [0.29, 0.717) is 0 Å². The summed E-state index contributed by atoms with van der Waals surface area (Å²) < 4.78 is 0. The van der Waals surface area contributed by atoms with E-state index in [1.807, 2.05) is 5.32 Å². The maximum absolute atomic E-state index is 11.3. The molecule has 0 unspecified atom stereocenters. The number of para-hydroxylation sites is 1. The molecule has 0 heterocycles. The Labute approximate surface area is 85.5 Å². The molecule has 0 saturated carbocycles. The second kappa shape index (κ2) is 4.62. The fourth-order valence-electron chi connectivity index (χ4n) is 0.893. The quantitative estimate of drug-likeness (QED) is 0.717. The molecule has 1 rings (SSSR count). The fraction of sp³-hybridized carbons (Fsp3) is 0.111. The second-order valence-electron chi connectivity index (χ2n) is 2.53. The van der Waals surface area contributed by atoms with E-state index in [2.05, 4.69) is 0 Å². The van der Waals surface area contributed by atoms with Crippen molar-refractivity contribution in [2.75, 3.05) is 5.88 Å². The van der Waals surface area contributed by atoms with Crippen LogP contribution >= 0.6 is 11.6 Å². The molecular formula is C9H8ClNO3. The molecule has 14 heavy (non-hydrogen) atoms. The number of aromatic hydroxyl groups is 1. The highest BCUT2D eigenvalue weighted by molar-refractivity contribution is 6.29. The zero-order valence-electron chi connectivity index (χ0n) is 7.16. The summed E-state index contributed by atoms with van der Waals surface area (Å²) in [6.45, 7) is 0. The van der Waals surface area contributed by atoms with Crippen LogP contribution in [0.5, 0.6) is 5.75 Å². The number of phenols is 1. The lowest BCUT2D eigenvalue weighted by molar-refractivity contribution is -0.117. The number of rotatable bonds is 2. The van der Waals surface area contributed by atoms with Gasteiger partial charge in [-0.05, 0) is 12.1 Å². The molecule has 0 atom stereocenters. The Hall–Kier alpha value is -1.55. The summed E-state index contributed by atoms with van der Waals surface area (Å²) >= 11 is 5.20. The first-order valence-corrected chi connectivity index (χ1v) is 4.36. The third-order valence-corrected chi connectivity index (χ3v) is 1.77. The number of carbonyl (C=O) groups is 2. The molecule has 0 fully saturated rings. The molecule has 0 radical (unpaired) electrons. The molecule has 1 aromatic rings. The van der Waals surface area contributed by atoms with Crippen LogP contribution in [0.15, 0.2) is 24.3 Å². The van der Waals surface area contributed by atoms with Gasteiger partial charge in [0, 0.05) is 0 Å². The standard InChI is InChI=1S/C9H8ClNO3/c10-5-8(13)11-9(14)6-3-1-2-4-7(6)12/h1-4,12H,5H2,(H,11,13,14). The summed E-state index contributed by atoms with van der Waals surface area (Å²) in [6, 6.07) is 5.93. The van der Waals surface area contributed by atoms with Gasteiger partial charge in [-0.3, -0.25) is 14.9 Å². The summed E-state index contributed by atoms with van der Waals surface area (Å²) in [6.07, 6.45) is 0. The predicted octanol–water partition coefficient (Wildman–Crippen LogP) is 0.887. The van der Waals surface area contributed by atoms with Gasteiger partial charge in [-0.15, -0.1) is 11.6 Å². The van der Waals surface area contributed by atoms with Gasteiger partial charge in [-0.2, -0.15) is 0 Å². The van der Waals surface area contributed by atoms with Crippen LogP contribution in [0.1, 0.15) is 10.4 Å². The summed E-state index contributed by atoms with van der Waals surface area (Å²) in [4.78, 5) is 22.0. The SMILES string of the molecule is O=C(CCl)NC(=O)c1ccccc1O. The number of nitrogens with one attached hydrogen (secondary N) is 1. The van der Waals surface area contributed by atoms with Crippen LogP contribution < -0.4 is 5.32 Å².